The lowest BCUT2D eigenvalue weighted by molar-refractivity contribution is -0.754. The summed E-state index contributed by atoms with van der Waals surface area (Å²) in [4.78, 5) is 33.0. The lowest BCUT2D eigenvalue weighted by atomic mass is 9.95. The summed E-state index contributed by atoms with van der Waals surface area (Å²) in [5.74, 6) is -0.621. The van der Waals surface area contributed by atoms with Gasteiger partial charge in [-0.15, -0.1) is 10.1 Å². The monoisotopic (exact) mass is 391 g/mol. The van der Waals surface area contributed by atoms with Gasteiger partial charge in [0.1, 0.15) is 6.61 Å². The van der Waals surface area contributed by atoms with E-state index in [1.807, 2.05) is 0 Å². The molecule has 0 unspecified atom stereocenters. The molecule has 0 spiro atoms. The van der Waals surface area contributed by atoms with Gasteiger partial charge in [-0.25, -0.2) is 9.68 Å². The second-order valence-electron chi connectivity index (χ2n) is 5.05. The molecule has 9 heteroatoms. The number of methoxy groups -OCH3 is 1. The maximum absolute atomic E-state index is 12.4. The van der Waals surface area contributed by atoms with Crippen LogP contribution in [-0.2, 0) is 23.6 Å². The average molecular weight is 391 g/mol. The Morgan fingerprint density at radius 1 is 1.04 bits per heavy atom. The lowest BCUT2D eigenvalue weighted by Gasteiger charge is -2.14. The van der Waals surface area contributed by atoms with Crippen LogP contribution in [-0.4, -0.2) is 31.9 Å². The normalized spacial score (nSPS) is 11.5. The van der Waals surface area contributed by atoms with Gasteiger partial charge >= 0.3 is 5.97 Å². The summed E-state index contributed by atoms with van der Waals surface area (Å²) in [6.07, 6.45) is 0. The van der Waals surface area contributed by atoms with Crippen LogP contribution in [0, 0.1) is 10.1 Å². The van der Waals surface area contributed by atoms with Crippen LogP contribution < -0.4 is 0 Å². The van der Waals surface area contributed by atoms with E-state index in [4.69, 9.17) is 9.07 Å². The fourth-order valence-corrected chi connectivity index (χ4v) is 2.72. The smallest absolute Gasteiger partial charge is 0.338 e. The van der Waals surface area contributed by atoms with Crippen molar-refractivity contribution in [3.05, 3.63) is 75.8 Å². The second-order valence-corrected chi connectivity index (χ2v) is 5.82. The molecule has 0 aromatic heterocycles. The Morgan fingerprint density at radius 2 is 1.70 bits per heavy atom. The van der Waals surface area contributed by atoms with Gasteiger partial charge in [0.15, 0.2) is 0 Å². The van der Waals surface area contributed by atoms with Gasteiger partial charge < -0.3 is 9.57 Å². The van der Waals surface area contributed by atoms with Gasteiger partial charge in [-0.3, -0.25) is 0 Å². The van der Waals surface area contributed by atoms with Crippen molar-refractivity contribution in [1.82, 2.24) is 0 Å². The highest BCUT2D eigenvalue weighted by Crippen LogP contribution is 2.30. The molecule has 0 amide bonds. The van der Waals surface area contributed by atoms with Crippen LogP contribution in [0.25, 0.3) is 11.1 Å². The molecular formula is C18H17NO7S. The molecule has 2 aromatic rings. The van der Waals surface area contributed by atoms with Crippen LogP contribution in [0.4, 0.5) is 0 Å². The molecule has 0 aliphatic carbocycles. The Morgan fingerprint density at radius 3 is 2.26 bits per heavy atom. The number of ether oxygens (including phenoxy) is 1. The third-order valence-corrected chi connectivity index (χ3v) is 4.14. The highest BCUT2D eigenvalue weighted by atomic mass is 32.2. The number of nitrogens with zero attached hydrogens (tertiary/aromatic N) is 1. The van der Waals surface area contributed by atoms with E-state index in [1.165, 1.54) is 14.2 Å². The first kappa shape index (κ1) is 20.4. The zero-order valence-electron chi connectivity index (χ0n) is 14.6. The topological polar surface area (TPSA) is 97.1 Å². The standard InChI is InChI=1S/C18H17NO7S/c1-23-18(20)17(14-6-4-3-5-7-14)16(12-25-19(21)22)13-8-10-15(11-9-13)27-26-24-2/h3-11H,12H2,1-2H3/b17-16+. The van der Waals surface area contributed by atoms with E-state index < -0.39 is 17.7 Å². The molecule has 0 aliphatic rings. The Labute approximate surface area is 159 Å². The van der Waals surface area contributed by atoms with Crippen molar-refractivity contribution >= 4 is 29.2 Å². The number of carbonyl (C=O) groups is 1. The van der Waals surface area contributed by atoms with Crippen LogP contribution in [0.2, 0.25) is 0 Å². The molecule has 0 aliphatic heterocycles. The molecule has 0 saturated carbocycles. The zero-order chi connectivity index (χ0) is 19.6. The van der Waals surface area contributed by atoms with Gasteiger partial charge in [0.05, 0.1) is 31.8 Å². The van der Waals surface area contributed by atoms with Crippen molar-refractivity contribution < 1.29 is 28.7 Å². The molecule has 27 heavy (non-hydrogen) atoms. The number of rotatable bonds is 9. The first-order chi connectivity index (χ1) is 13.1. The fraction of sp³-hybridized carbons (Fsp3) is 0.167. The Kier molecular flexibility index (Phi) is 7.80. The van der Waals surface area contributed by atoms with Crippen LogP contribution in [0.15, 0.2) is 59.5 Å². The number of benzene rings is 2. The Hall–Kier alpha value is -2.88. The third-order valence-electron chi connectivity index (χ3n) is 3.47. The minimum Gasteiger partial charge on any atom is -0.465 e. The van der Waals surface area contributed by atoms with Crippen molar-refractivity contribution in [3.63, 3.8) is 0 Å². The molecule has 0 saturated heterocycles. The molecular weight excluding hydrogens is 374 g/mol. The average Bonchev–Trinajstić information content (AvgIpc) is 2.70. The van der Waals surface area contributed by atoms with Gasteiger partial charge in [-0.1, -0.05) is 42.5 Å². The van der Waals surface area contributed by atoms with Gasteiger partial charge in [-0.2, -0.15) is 4.33 Å². The predicted molar refractivity (Wildman–Crippen MR) is 98.6 cm³/mol. The van der Waals surface area contributed by atoms with Crippen LogP contribution in [0.5, 0.6) is 0 Å². The van der Waals surface area contributed by atoms with Crippen molar-refractivity contribution in [2.75, 3.05) is 20.8 Å². The predicted octanol–water partition coefficient (Wildman–Crippen LogP) is 3.56. The minimum absolute atomic E-state index is 0.188. The van der Waals surface area contributed by atoms with E-state index in [-0.39, 0.29) is 5.57 Å². The summed E-state index contributed by atoms with van der Waals surface area (Å²) < 4.78 is 9.68. The van der Waals surface area contributed by atoms with Crippen molar-refractivity contribution in [2.45, 2.75) is 4.90 Å². The van der Waals surface area contributed by atoms with E-state index in [0.717, 1.165) is 16.9 Å². The molecule has 2 rings (SSSR count). The summed E-state index contributed by atoms with van der Waals surface area (Å²) in [6, 6.07) is 15.6. The molecule has 0 fully saturated rings. The molecule has 142 valence electrons. The van der Waals surface area contributed by atoms with Gasteiger partial charge in [-0.05, 0) is 28.8 Å². The molecule has 0 N–H and O–H groups in total. The highest BCUT2D eigenvalue weighted by Gasteiger charge is 2.20. The highest BCUT2D eigenvalue weighted by molar-refractivity contribution is 7.94. The zero-order valence-corrected chi connectivity index (χ0v) is 15.4. The second kappa shape index (κ2) is 10.3. The number of hydrogen-bond acceptors (Lipinski definition) is 8. The van der Waals surface area contributed by atoms with Crippen LogP contribution in [0.1, 0.15) is 11.1 Å². The molecule has 8 nitrogen and oxygen atoms in total. The summed E-state index contributed by atoms with van der Waals surface area (Å²) in [5, 5.41) is 9.81. The number of carbonyl (C=O) groups excluding carboxylic acids is 1. The molecule has 0 heterocycles. The summed E-state index contributed by atoms with van der Waals surface area (Å²) in [6.45, 7) is -0.409. The van der Waals surface area contributed by atoms with Crippen molar-refractivity contribution in [3.8, 4) is 0 Å². The fourth-order valence-electron chi connectivity index (χ4n) is 2.32. The van der Waals surface area contributed by atoms with Crippen LogP contribution >= 0.6 is 12.0 Å². The summed E-state index contributed by atoms with van der Waals surface area (Å²) >= 11 is 1.01. The summed E-state index contributed by atoms with van der Waals surface area (Å²) in [5.41, 5.74) is 1.65. The maximum atomic E-state index is 12.4. The number of hydrogen-bond donors (Lipinski definition) is 0. The Bertz CT molecular complexity index is 806. The largest absolute Gasteiger partial charge is 0.465 e. The quantitative estimate of drug-likeness (QED) is 0.122. The van der Waals surface area contributed by atoms with Gasteiger partial charge in [0.2, 0.25) is 0 Å². The minimum atomic E-state index is -0.906. The van der Waals surface area contributed by atoms with E-state index in [9.17, 15) is 14.9 Å². The first-order valence-electron chi connectivity index (χ1n) is 7.68. The lowest BCUT2D eigenvalue weighted by Crippen LogP contribution is -2.12. The van der Waals surface area contributed by atoms with Gasteiger partial charge in [0.25, 0.3) is 5.09 Å². The molecule has 2 aromatic carbocycles. The summed E-state index contributed by atoms with van der Waals surface area (Å²) in [7, 11) is 2.64. The van der Waals surface area contributed by atoms with Crippen LogP contribution in [0.3, 0.4) is 0 Å². The molecule has 0 radical (unpaired) electrons. The maximum Gasteiger partial charge on any atom is 0.338 e. The SMILES string of the molecule is COOSc1ccc(/C(CO[N+](=O)[O-])=C(/C(=O)OC)c2ccccc2)cc1. The van der Waals surface area contributed by atoms with Crippen molar-refractivity contribution in [2.24, 2.45) is 0 Å². The van der Waals surface area contributed by atoms with E-state index in [0.29, 0.717) is 16.7 Å². The van der Waals surface area contributed by atoms with E-state index in [1.54, 1.807) is 54.6 Å². The first-order valence-corrected chi connectivity index (χ1v) is 8.43. The number of esters is 1. The van der Waals surface area contributed by atoms with Crippen molar-refractivity contribution in [1.29, 1.82) is 0 Å². The van der Waals surface area contributed by atoms with E-state index in [2.05, 4.69) is 9.73 Å². The molecule has 0 atom stereocenters. The Balaban J connectivity index is 2.54. The molecule has 0 bridgehead atoms. The van der Waals surface area contributed by atoms with Gasteiger partial charge in [0, 0.05) is 4.90 Å². The third kappa shape index (κ3) is 5.81. The van der Waals surface area contributed by atoms with E-state index >= 15 is 0 Å².